The molecule has 0 amide bonds. The molecule has 2 N–H and O–H groups in total. The average Bonchev–Trinajstić information content (AvgIpc) is 2.93. The van der Waals surface area contributed by atoms with Crippen LogP contribution < -0.4 is 0 Å². The molecule has 5 aromatic rings. The van der Waals surface area contributed by atoms with E-state index in [1.54, 1.807) is 35.7 Å². The first kappa shape index (κ1) is 24.1. The fourth-order valence-corrected chi connectivity index (χ4v) is 5.87. The quantitative estimate of drug-likeness (QED) is 0.206. The highest BCUT2D eigenvalue weighted by Crippen LogP contribution is 2.37. The first-order valence-electron chi connectivity index (χ1n) is 11.8. The fraction of sp³-hybridized carbons (Fsp3) is 0.0625. The van der Waals surface area contributed by atoms with Crippen LogP contribution in [0.15, 0.2) is 131 Å². The molecule has 0 fully saturated rings. The summed E-state index contributed by atoms with van der Waals surface area (Å²) in [6.07, 6.45) is 0. The molecule has 0 bridgehead atoms. The minimum atomic E-state index is 0.306. The van der Waals surface area contributed by atoms with Crippen LogP contribution in [0.4, 0.5) is 0 Å². The van der Waals surface area contributed by atoms with Crippen molar-refractivity contribution in [1.29, 1.82) is 0 Å². The van der Waals surface area contributed by atoms with Gasteiger partial charge >= 0.3 is 0 Å². The van der Waals surface area contributed by atoms with Gasteiger partial charge in [-0.3, -0.25) is 0 Å². The Morgan fingerprint density at radius 3 is 1.31 bits per heavy atom. The lowest BCUT2D eigenvalue weighted by atomic mass is 10.1. The number of aromatic hydroxyl groups is 2. The second kappa shape index (κ2) is 11.4. The van der Waals surface area contributed by atoms with Crippen molar-refractivity contribution in [2.45, 2.75) is 21.3 Å². The van der Waals surface area contributed by atoms with Crippen molar-refractivity contribution in [3.8, 4) is 33.8 Å². The van der Waals surface area contributed by atoms with Crippen LogP contribution in [-0.2, 0) is 11.5 Å². The summed E-state index contributed by atoms with van der Waals surface area (Å²) in [6.45, 7) is 0. The monoisotopic (exact) mass is 506 g/mol. The first-order valence-corrected chi connectivity index (χ1v) is 13.7. The lowest BCUT2D eigenvalue weighted by Crippen LogP contribution is -1.87. The Labute approximate surface area is 220 Å². The number of hydrogen-bond donors (Lipinski definition) is 2. The Morgan fingerprint density at radius 1 is 0.417 bits per heavy atom. The Bertz CT molecular complexity index is 1340. The standard InChI is InChI=1S/C32H26O2S2/c33-29-16-14-27(25-10-3-1-4-11-25)19-31(29)35-21-23-8-7-9-24(18-23)22-36-32-20-28(15-17-30(32)34)26-12-5-2-6-13-26/h1-20,33-34H,21-22H2. The summed E-state index contributed by atoms with van der Waals surface area (Å²) in [5.74, 6) is 2.14. The van der Waals surface area contributed by atoms with E-state index in [9.17, 15) is 10.2 Å². The molecule has 178 valence electrons. The van der Waals surface area contributed by atoms with Crippen molar-refractivity contribution >= 4 is 23.5 Å². The number of phenols is 2. The van der Waals surface area contributed by atoms with Crippen molar-refractivity contribution in [3.63, 3.8) is 0 Å². The number of hydrogen-bond acceptors (Lipinski definition) is 4. The third-order valence-corrected chi connectivity index (χ3v) is 8.15. The van der Waals surface area contributed by atoms with E-state index in [0.717, 1.165) is 43.6 Å². The van der Waals surface area contributed by atoms with Crippen molar-refractivity contribution in [2.24, 2.45) is 0 Å². The molecule has 5 rings (SSSR count). The molecule has 0 radical (unpaired) electrons. The number of phenolic OH excluding ortho intramolecular Hbond substituents is 2. The molecule has 0 unspecified atom stereocenters. The lowest BCUT2D eigenvalue weighted by Gasteiger charge is -2.10. The summed E-state index contributed by atoms with van der Waals surface area (Å²) in [5.41, 5.74) is 6.86. The molecule has 0 aliphatic heterocycles. The number of thioether (sulfide) groups is 2. The molecule has 0 spiro atoms. The largest absolute Gasteiger partial charge is 0.507 e. The average molecular weight is 507 g/mol. The highest BCUT2D eigenvalue weighted by atomic mass is 32.2. The predicted octanol–water partition coefficient (Wildman–Crippen LogP) is 9.02. The molecule has 0 aliphatic rings. The molecule has 0 heterocycles. The van der Waals surface area contributed by atoms with E-state index in [-0.39, 0.29) is 0 Å². The second-order valence-electron chi connectivity index (χ2n) is 8.49. The van der Waals surface area contributed by atoms with E-state index in [1.807, 2.05) is 48.5 Å². The van der Waals surface area contributed by atoms with Crippen LogP contribution in [0.3, 0.4) is 0 Å². The van der Waals surface area contributed by atoms with Gasteiger partial charge in [0, 0.05) is 11.5 Å². The fourth-order valence-electron chi connectivity index (χ4n) is 4.01. The van der Waals surface area contributed by atoms with Gasteiger partial charge in [0.25, 0.3) is 0 Å². The van der Waals surface area contributed by atoms with Crippen LogP contribution in [0.25, 0.3) is 22.3 Å². The lowest BCUT2D eigenvalue weighted by molar-refractivity contribution is 0.462. The maximum atomic E-state index is 10.4. The highest BCUT2D eigenvalue weighted by molar-refractivity contribution is 7.99. The molecule has 4 heteroatoms. The maximum absolute atomic E-state index is 10.4. The van der Waals surface area contributed by atoms with Gasteiger partial charge in [0.05, 0.1) is 9.79 Å². The zero-order valence-electron chi connectivity index (χ0n) is 19.7. The van der Waals surface area contributed by atoms with Gasteiger partial charge in [-0.2, -0.15) is 0 Å². The second-order valence-corrected chi connectivity index (χ2v) is 10.5. The van der Waals surface area contributed by atoms with Crippen LogP contribution in [0.1, 0.15) is 11.1 Å². The van der Waals surface area contributed by atoms with E-state index < -0.39 is 0 Å². The Kier molecular flexibility index (Phi) is 7.65. The molecule has 0 aliphatic carbocycles. The first-order chi connectivity index (χ1) is 17.7. The summed E-state index contributed by atoms with van der Waals surface area (Å²) >= 11 is 3.27. The van der Waals surface area contributed by atoms with Gasteiger partial charge in [0.2, 0.25) is 0 Å². The topological polar surface area (TPSA) is 40.5 Å². The summed E-state index contributed by atoms with van der Waals surface area (Å²) in [7, 11) is 0. The maximum Gasteiger partial charge on any atom is 0.129 e. The molecule has 0 saturated carbocycles. The molecular formula is C32H26O2S2. The smallest absolute Gasteiger partial charge is 0.129 e. The van der Waals surface area contributed by atoms with Crippen molar-refractivity contribution in [1.82, 2.24) is 0 Å². The highest BCUT2D eigenvalue weighted by Gasteiger charge is 2.08. The third kappa shape index (κ3) is 5.96. The summed E-state index contributed by atoms with van der Waals surface area (Å²) in [6, 6.07) is 40.5. The van der Waals surface area contributed by atoms with Crippen LogP contribution in [0.2, 0.25) is 0 Å². The van der Waals surface area contributed by atoms with E-state index in [0.29, 0.717) is 11.5 Å². The van der Waals surface area contributed by atoms with Crippen LogP contribution in [0, 0.1) is 0 Å². The normalized spacial score (nSPS) is 10.9. The molecule has 0 saturated heterocycles. The van der Waals surface area contributed by atoms with Gasteiger partial charge in [-0.15, -0.1) is 23.5 Å². The van der Waals surface area contributed by atoms with Gasteiger partial charge in [-0.05, 0) is 57.6 Å². The van der Waals surface area contributed by atoms with Gasteiger partial charge in [-0.1, -0.05) is 97.1 Å². The molecule has 5 aromatic carbocycles. The Hall–Kier alpha value is -3.60. The van der Waals surface area contributed by atoms with E-state index in [4.69, 9.17) is 0 Å². The zero-order chi connectivity index (χ0) is 24.7. The number of rotatable bonds is 8. The van der Waals surface area contributed by atoms with Crippen molar-refractivity contribution in [2.75, 3.05) is 0 Å². The van der Waals surface area contributed by atoms with Gasteiger partial charge in [-0.25, -0.2) is 0 Å². The zero-order valence-corrected chi connectivity index (χ0v) is 21.3. The minimum absolute atomic E-state index is 0.306. The van der Waals surface area contributed by atoms with Gasteiger partial charge in [0.1, 0.15) is 11.5 Å². The molecule has 36 heavy (non-hydrogen) atoms. The molecule has 0 aromatic heterocycles. The summed E-state index contributed by atoms with van der Waals surface area (Å²) in [4.78, 5) is 1.75. The predicted molar refractivity (Wildman–Crippen MR) is 153 cm³/mol. The Balaban J connectivity index is 1.26. The summed E-state index contributed by atoms with van der Waals surface area (Å²) in [5, 5.41) is 20.8. The Morgan fingerprint density at radius 2 is 0.861 bits per heavy atom. The van der Waals surface area contributed by atoms with Crippen LogP contribution >= 0.6 is 23.5 Å². The van der Waals surface area contributed by atoms with E-state index >= 15 is 0 Å². The molecular weight excluding hydrogens is 480 g/mol. The van der Waals surface area contributed by atoms with Crippen LogP contribution in [0.5, 0.6) is 11.5 Å². The summed E-state index contributed by atoms with van der Waals surface area (Å²) < 4.78 is 0. The van der Waals surface area contributed by atoms with Gasteiger partial charge < -0.3 is 10.2 Å². The van der Waals surface area contributed by atoms with E-state index in [1.165, 1.54) is 11.1 Å². The molecule has 0 atom stereocenters. The van der Waals surface area contributed by atoms with Crippen molar-refractivity contribution in [3.05, 3.63) is 132 Å². The van der Waals surface area contributed by atoms with Crippen molar-refractivity contribution < 1.29 is 10.2 Å². The minimum Gasteiger partial charge on any atom is -0.507 e. The van der Waals surface area contributed by atoms with Gasteiger partial charge in [0.15, 0.2) is 0 Å². The van der Waals surface area contributed by atoms with Crippen LogP contribution in [-0.4, -0.2) is 10.2 Å². The molecule has 2 nitrogen and oxygen atoms in total. The van der Waals surface area contributed by atoms with E-state index in [2.05, 4.69) is 60.7 Å². The third-order valence-electron chi connectivity index (χ3n) is 5.91. The number of benzene rings is 5. The SMILES string of the molecule is Oc1ccc(-c2ccccc2)cc1SCc1cccc(CSc2cc(-c3ccccc3)ccc2O)c1.